The van der Waals surface area contributed by atoms with Crippen LogP contribution in [0.15, 0.2) is 73.1 Å². The van der Waals surface area contributed by atoms with Gasteiger partial charge >= 0.3 is 0 Å². The van der Waals surface area contributed by atoms with Gasteiger partial charge in [-0.15, -0.1) is 10.2 Å². The van der Waals surface area contributed by atoms with Crippen LogP contribution in [0.25, 0.3) is 17.5 Å². The predicted molar refractivity (Wildman–Crippen MR) is 136 cm³/mol. The highest BCUT2D eigenvalue weighted by atomic mass is 19.1. The molecule has 3 heterocycles. The molecule has 0 fully saturated rings. The Morgan fingerprint density at radius 3 is 2.81 bits per heavy atom. The molecule has 0 saturated heterocycles. The summed E-state index contributed by atoms with van der Waals surface area (Å²) in [6.07, 6.45) is 10.7. The Balaban J connectivity index is 1.22. The molecule has 2 aromatic carbocycles. The van der Waals surface area contributed by atoms with Gasteiger partial charge in [0.05, 0.1) is 5.69 Å². The highest BCUT2D eigenvalue weighted by Crippen LogP contribution is 2.26. The largest absolute Gasteiger partial charge is 0.489 e. The van der Waals surface area contributed by atoms with E-state index in [1.54, 1.807) is 30.6 Å². The van der Waals surface area contributed by atoms with Crippen molar-refractivity contribution >= 4 is 17.7 Å². The number of aryl methyl sites for hydroxylation is 1. The number of amides is 1. The van der Waals surface area contributed by atoms with Crippen molar-refractivity contribution in [3.63, 3.8) is 0 Å². The van der Waals surface area contributed by atoms with Crippen LogP contribution in [0.4, 0.5) is 10.1 Å². The SMILES string of the molecule is O=C(/C=C/c1ccc(OCc2cccnc2)cc1)Nc1cc(-c2nnc3n2CCCCC3)ccc1F. The van der Waals surface area contributed by atoms with E-state index in [9.17, 15) is 9.18 Å². The maximum absolute atomic E-state index is 14.5. The number of anilines is 1. The lowest BCUT2D eigenvalue weighted by Gasteiger charge is -2.10. The van der Waals surface area contributed by atoms with Gasteiger partial charge < -0.3 is 14.6 Å². The summed E-state index contributed by atoms with van der Waals surface area (Å²) in [6.45, 7) is 1.26. The molecule has 36 heavy (non-hydrogen) atoms. The Labute approximate surface area is 208 Å². The lowest BCUT2D eigenvalue weighted by molar-refractivity contribution is -0.111. The average Bonchev–Trinajstić information content (AvgIpc) is 3.16. The number of fused-ring (bicyclic) bond motifs is 1. The predicted octanol–water partition coefficient (Wildman–Crippen LogP) is 5.44. The highest BCUT2D eigenvalue weighted by molar-refractivity contribution is 6.02. The maximum Gasteiger partial charge on any atom is 0.248 e. The van der Waals surface area contributed by atoms with Crippen molar-refractivity contribution in [2.24, 2.45) is 0 Å². The van der Waals surface area contributed by atoms with E-state index in [1.165, 1.54) is 12.1 Å². The lowest BCUT2D eigenvalue weighted by atomic mass is 10.1. The number of ether oxygens (including phenoxy) is 1. The lowest BCUT2D eigenvalue weighted by Crippen LogP contribution is -2.10. The van der Waals surface area contributed by atoms with E-state index in [0.717, 1.165) is 54.7 Å². The van der Waals surface area contributed by atoms with E-state index >= 15 is 0 Å². The first kappa shape index (κ1) is 23.4. The molecule has 1 aliphatic rings. The third kappa shape index (κ3) is 5.66. The molecule has 1 aliphatic heterocycles. The van der Waals surface area contributed by atoms with Crippen molar-refractivity contribution in [2.75, 3.05) is 5.32 Å². The summed E-state index contributed by atoms with van der Waals surface area (Å²) in [5.41, 5.74) is 2.62. The van der Waals surface area contributed by atoms with Crippen LogP contribution in [0.2, 0.25) is 0 Å². The zero-order valence-electron chi connectivity index (χ0n) is 19.7. The second kappa shape index (κ2) is 10.9. The van der Waals surface area contributed by atoms with Crippen molar-refractivity contribution < 1.29 is 13.9 Å². The minimum Gasteiger partial charge on any atom is -0.489 e. The van der Waals surface area contributed by atoms with Crippen LogP contribution in [0.5, 0.6) is 5.75 Å². The number of hydrogen-bond donors (Lipinski definition) is 1. The summed E-state index contributed by atoms with van der Waals surface area (Å²) in [7, 11) is 0. The quantitative estimate of drug-likeness (QED) is 0.354. The Kier molecular flexibility index (Phi) is 7.12. The van der Waals surface area contributed by atoms with Gasteiger partial charge in [-0.25, -0.2) is 4.39 Å². The van der Waals surface area contributed by atoms with Crippen LogP contribution >= 0.6 is 0 Å². The molecule has 0 spiro atoms. The summed E-state index contributed by atoms with van der Waals surface area (Å²) in [4.78, 5) is 16.6. The van der Waals surface area contributed by atoms with Gasteiger partial charge in [-0.3, -0.25) is 9.78 Å². The number of hydrogen-bond acceptors (Lipinski definition) is 5. The zero-order valence-corrected chi connectivity index (χ0v) is 19.7. The van der Waals surface area contributed by atoms with Crippen LogP contribution in [0, 0.1) is 5.82 Å². The van der Waals surface area contributed by atoms with Gasteiger partial charge in [0.25, 0.3) is 0 Å². The van der Waals surface area contributed by atoms with Crippen LogP contribution in [-0.4, -0.2) is 25.7 Å². The summed E-state index contributed by atoms with van der Waals surface area (Å²) in [5.74, 6) is 1.43. The molecule has 0 atom stereocenters. The number of nitrogens with zero attached hydrogens (tertiary/aromatic N) is 4. The zero-order chi connectivity index (χ0) is 24.7. The molecule has 0 saturated carbocycles. The molecule has 0 bridgehead atoms. The number of pyridine rings is 1. The van der Waals surface area contributed by atoms with E-state index in [4.69, 9.17) is 4.74 Å². The number of rotatable bonds is 7. The maximum atomic E-state index is 14.5. The van der Waals surface area contributed by atoms with Gasteiger partial charge in [0, 0.05) is 42.6 Å². The van der Waals surface area contributed by atoms with Gasteiger partial charge in [0.1, 0.15) is 24.0 Å². The van der Waals surface area contributed by atoms with Crippen molar-refractivity contribution in [3.8, 4) is 17.1 Å². The van der Waals surface area contributed by atoms with E-state index < -0.39 is 11.7 Å². The average molecular weight is 484 g/mol. The number of halogens is 1. The Morgan fingerprint density at radius 2 is 1.97 bits per heavy atom. The first-order valence-corrected chi connectivity index (χ1v) is 12.0. The summed E-state index contributed by atoms with van der Waals surface area (Å²) < 4.78 is 22.3. The summed E-state index contributed by atoms with van der Waals surface area (Å²) in [6, 6.07) is 15.8. The minimum atomic E-state index is -0.508. The second-order valence-electron chi connectivity index (χ2n) is 8.64. The number of nitrogens with one attached hydrogen (secondary N) is 1. The molecule has 2 aromatic heterocycles. The molecule has 0 radical (unpaired) electrons. The Bertz CT molecular complexity index is 1370. The molecule has 5 rings (SSSR count). The Morgan fingerprint density at radius 1 is 1.08 bits per heavy atom. The van der Waals surface area contributed by atoms with Crippen molar-refractivity contribution in [3.05, 3.63) is 95.8 Å². The van der Waals surface area contributed by atoms with E-state index in [0.29, 0.717) is 18.2 Å². The van der Waals surface area contributed by atoms with E-state index in [-0.39, 0.29) is 5.69 Å². The fourth-order valence-electron chi connectivity index (χ4n) is 4.13. The van der Waals surface area contributed by atoms with Gasteiger partial charge in [-0.05, 0) is 60.9 Å². The normalized spacial score (nSPS) is 13.2. The third-order valence-electron chi connectivity index (χ3n) is 6.03. The molecule has 1 amide bonds. The molecule has 182 valence electrons. The van der Waals surface area contributed by atoms with Crippen molar-refractivity contribution in [1.82, 2.24) is 19.7 Å². The molecular formula is C28H26FN5O2. The van der Waals surface area contributed by atoms with Crippen LogP contribution < -0.4 is 10.1 Å². The van der Waals surface area contributed by atoms with E-state index in [1.807, 2.05) is 36.4 Å². The molecule has 7 nitrogen and oxygen atoms in total. The number of aromatic nitrogens is 4. The fraction of sp³-hybridized carbons (Fsp3) is 0.214. The smallest absolute Gasteiger partial charge is 0.248 e. The third-order valence-corrected chi connectivity index (χ3v) is 6.03. The fourth-order valence-corrected chi connectivity index (χ4v) is 4.13. The molecule has 1 N–H and O–H groups in total. The number of carbonyl (C=O) groups excluding carboxylic acids is 1. The van der Waals surface area contributed by atoms with Crippen LogP contribution in [0.1, 0.15) is 36.2 Å². The van der Waals surface area contributed by atoms with Crippen LogP contribution in [-0.2, 0) is 24.4 Å². The standard InChI is InChI=1S/C28H26FN5O2/c29-24-13-10-22(28-33-32-26-6-2-1-3-16-34(26)28)17-25(24)31-27(35)14-9-20-7-11-23(12-8-20)36-19-21-5-4-15-30-18-21/h4-5,7-15,17-18H,1-3,6,16,19H2,(H,31,35)/b14-9+. The molecule has 4 aromatic rings. The van der Waals surface area contributed by atoms with Gasteiger partial charge in [0.15, 0.2) is 5.82 Å². The van der Waals surface area contributed by atoms with Crippen LogP contribution in [0.3, 0.4) is 0 Å². The van der Waals surface area contributed by atoms with E-state index in [2.05, 4.69) is 25.1 Å². The number of carbonyl (C=O) groups is 1. The van der Waals surface area contributed by atoms with Gasteiger partial charge in [-0.2, -0.15) is 0 Å². The number of benzene rings is 2. The monoisotopic (exact) mass is 483 g/mol. The topological polar surface area (TPSA) is 81.9 Å². The summed E-state index contributed by atoms with van der Waals surface area (Å²) >= 11 is 0. The minimum absolute atomic E-state index is 0.104. The first-order valence-electron chi connectivity index (χ1n) is 12.0. The molecule has 0 unspecified atom stereocenters. The van der Waals surface area contributed by atoms with Crippen molar-refractivity contribution in [2.45, 2.75) is 38.8 Å². The summed E-state index contributed by atoms with van der Waals surface area (Å²) in [5, 5.41) is 11.3. The highest BCUT2D eigenvalue weighted by Gasteiger charge is 2.17. The molecule has 8 heteroatoms. The Hall–Kier alpha value is -4.33. The van der Waals surface area contributed by atoms with Crippen molar-refractivity contribution in [1.29, 1.82) is 0 Å². The first-order chi connectivity index (χ1) is 17.7. The molecular weight excluding hydrogens is 457 g/mol. The second-order valence-corrected chi connectivity index (χ2v) is 8.64. The molecule has 0 aliphatic carbocycles. The van der Waals surface area contributed by atoms with Gasteiger partial charge in [0.2, 0.25) is 5.91 Å². The van der Waals surface area contributed by atoms with Gasteiger partial charge in [-0.1, -0.05) is 24.6 Å².